The molecule has 3 rings (SSSR count). The number of carbonyl (C=O) groups excluding carboxylic acids is 1. The maximum Gasteiger partial charge on any atom is 0.413 e. The van der Waals surface area contributed by atoms with Crippen LogP contribution in [-0.4, -0.2) is 15.9 Å². The molecule has 134 valence electrons. The third-order valence-corrected chi connectivity index (χ3v) is 4.79. The minimum Gasteiger partial charge on any atom is -0.441 e. The molecule has 8 heteroatoms. The molecular formula is C18H14BrCl2N3O2. The van der Waals surface area contributed by atoms with Crippen molar-refractivity contribution < 1.29 is 9.53 Å². The number of carbonyl (C=O) groups is 1. The summed E-state index contributed by atoms with van der Waals surface area (Å²) in [6, 6.07) is 14.6. The van der Waals surface area contributed by atoms with Crippen molar-refractivity contribution in [1.82, 2.24) is 9.78 Å². The van der Waals surface area contributed by atoms with Gasteiger partial charge in [-0.05, 0) is 37.3 Å². The Morgan fingerprint density at radius 1 is 1.15 bits per heavy atom. The standard InChI is InChI=1S/C18H14BrCl2N3O2/c1-11(14-4-2-3-5-15(14)20)26-18(25)23-17-16(21)10-22-24(17)13-8-6-12(19)7-9-13/h2-11H,1H3,(H,23,25)/t11-/m1/s1. The quantitative estimate of drug-likeness (QED) is 0.506. The van der Waals surface area contributed by atoms with Crippen LogP contribution in [0.3, 0.4) is 0 Å². The summed E-state index contributed by atoms with van der Waals surface area (Å²) in [6.45, 7) is 1.74. The first kappa shape index (κ1) is 18.8. The molecular weight excluding hydrogens is 441 g/mol. The number of benzene rings is 2. The smallest absolute Gasteiger partial charge is 0.413 e. The normalized spacial score (nSPS) is 11.8. The van der Waals surface area contributed by atoms with Crippen molar-refractivity contribution in [2.24, 2.45) is 0 Å². The van der Waals surface area contributed by atoms with Gasteiger partial charge in [0.25, 0.3) is 0 Å². The highest BCUT2D eigenvalue weighted by molar-refractivity contribution is 9.10. The van der Waals surface area contributed by atoms with Crippen molar-refractivity contribution in [1.29, 1.82) is 0 Å². The molecule has 5 nitrogen and oxygen atoms in total. The van der Waals surface area contributed by atoms with Gasteiger partial charge in [-0.1, -0.05) is 57.3 Å². The molecule has 1 aromatic heterocycles. The number of halogens is 3. The Balaban J connectivity index is 1.77. The molecule has 0 aliphatic carbocycles. The van der Waals surface area contributed by atoms with E-state index in [-0.39, 0.29) is 0 Å². The van der Waals surface area contributed by atoms with Crippen LogP contribution < -0.4 is 5.32 Å². The molecule has 0 unspecified atom stereocenters. The van der Waals surface area contributed by atoms with Crippen molar-refractivity contribution in [2.45, 2.75) is 13.0 Å². The second kappa shape index (κ2) is 8.12. The third-order valence-electron chi connectivity index (χ3n) is 3.64. The molecule has 2 aromatic carbocycles. The molecule has 0 spiro atoms. The van der Waals surface area contributed by atoms with Crippen LogP contribution in [0.15, 0.2) is 59.2 Å². The predicted molar refractivity (Wildman–Crippen MR) is 106 cm³/mol. The Kier molecular flexibility index (Phi) is 5.86. The topological polar surface area (TPSA) is 56.1 Å². The molecule has 0 aliphatic heterocycles. The Hall–Kier alpha value is -2.02. The zero-order valence-electron chi connectivity index (χ0n) is 13.6. The molecule has 0 fully saturated rings. The number of amides is 1. The van der Waals surface area contributed by atoms with E-state index < -0.39 is 12.2 Å². The fourth-order valence-electron chi connectivity index (χ4n) is 2.37. The average molecular weight is 455 g/mol. The summed E-state index contributed by atoms with van der Waals surface area (Å²) in [5.74, 6) is 0.324. The van der Waals surface area contributed by atoms with Gasteiger partial charge in [-0.15, -0.1) is 0 Å². The fourth-order valence-corrected chi connectivity index (χ4v) is 3.10. The lowest BCUT2D eigenvalue weighted by atomic mass is 10.1. The van der Waals surface area contributed by atoms with E-state index in [1.54, 1.807) is 19.1 Å². The summed E-state index contributed by atoms with van der Waals surface area (Å²) in [5.41, 5.74) is 1.46. The zero-order valence-corrected chi connectivity index (χ0v) is 16.7. The zero-order chi connectivity index (χ0) is 18.7. The summed E-state index contributed by atoms with van der Waals surface area (Å²) < 4.78 is 7.87. The van der Waals surface area contributed by atoms with Gasteiger partial charge in [0, 0.05) is 15.1 Å². The van der Waals surface area contributed by atoms with Gasteiger partial charge in [-0.2, -0.15) is 5.10 Å². The summed E-state index contributed by atoms with van der Waals surface area (Å²) in [4.78, 5) is 12.3. The van der Waals surface area contributed by atoms with Gasteiger partial charge in [-0.3, -0.25) is 5.32 Å². The lowest BCUT2D eigenvalue weighted by Gasteiger charge is -2.16. The van der Waals surface area contributed by atoms with Crippen molar-refractivity contribution in [3.63, 3.8) is 0 Å². The molecule has 0 aliphatic rings. The molecule has 1 atom stereocenters. The van der Waals surface area contributed by atoms with Gasteiger partial charge in [0.05, 0.1) is 11.9 Å². The van der Waals surface area contributed by atoms with Crippen LogP contribution in [0.25, 0.3) is 5.69 Å². The van der Waals surface area contributed by atoms with E-state index in [0.29, 0.717) is 15.9 Å². The molecule has 26 heavy (non-hydrogen) atoms. The monoisotopic (exact) mass is 453 g/mol. The van der Waals surface area contributed by atoms with Gasteiger partial charge in [-0.25, -0.2) is 9.48 Å². The van der Waals surface area contributed by atoms with E-state index in [1.807, 2.05) is 36.4 Å². The summed E-state index contributed by atoms with van der Waals surface area (Å²) >= 11 is 15.7. The minimum atomic E-state index is -0.654. The van der Waals surface area contributed by atoms with Gasteiger partial charge in [0.15, 0.2) is 5.82 Å². The fraction of sp³-hybridized carbons (Fsp3) is 0.111. The van der Waals surface area contributed by atoms with E-state index in [1.165, 1.54) is 10.9 Å². The maximum atomic E-state index is 12.3. The van der Waals surface area contributed by atoms with Gasteiger partial charge >= 0.3 is 6.09 Å². The number of rotatable bonds is 4. The van der Waals surface area contributed by atoms with Crippen LogP contribution in [0.2, 0.25) is 10.0 Å². The van der Waals surface area contributed by atoms with Crippen LogP contribution in [0, 0.1) is 0 Å². The number of hydrogen-bond donors (Lipinski definition) is 1. The number of aromatic nitrogens is 2. The average Bonchev–Trinajstić information content (AvgIpc) is 2.96. The molecule has 0 saturated heterocycles. The Labute approximate surface area is 169 Å². The highest BCUT2D eigenvalue weighted by Gasteiger charge is 2.18. The summed E-state index contributed by atoms with van der Waals surface area (Å²) in [6.07, 6.45) is 0.279. The van der Waals surface area contributed by atoms with E-state index >= 15 is 0 Å². The van der Waals surface area contributed by atoms with Crippen molar-refractivity contribution >= 4 is 51.0 Å². The Morgan fingerprint density at radius 2 is 1.85 bits per heavy atom. The van der Waals surface area contributed by atoms with E-state index in [9.17, 15) is 4.79 Å². The molecule has 3 aromatic rings. The lowest BCUT2D eigenvalue weighted by Crippen LogP contribution is -2.18. The van der Waals surface area contributed by atoms with Gasteiger partial charge < -0.3 is 4.74 Å². The first-order chi connectivity index (χ1) is 12.5. The van der Waals surface area contributed by atoms with E-state index in [4.69, 9.17) is 27.9 Å². The lowest BCUT2D eigenvalue weighted by molar-refractivity contribution is 0.121. The van der Waals surface area contributed by atoms with Crippen molar-refractivity contribution in [2.75, 3.05) is 5.32 Å². The number of hydrogen-bond acceptors (Lipinski definition) is 3. The molecule has 0 bridgehead atoms. The van der Waals surface area contributed by atoms with Crippen LogP contribution in [0.5, 0.6) is 0 Å². The first-order valence-corrected chi connectivity index (χ1v) is 9.22. The largest absolute Gasteiger partial charge is 0.441 e. The maximum absolute atomic E-state index is 12.3. The van der Waals surface area contributed by atoms with E-state index in [2.05, 4.69) is 26.3 Å². The van der Waals surface area contributed by atoms with Crippen LogP contribution in [-0.2, 0) is 4.74 Å². The molecule has 0 radical (unpaired) electrons. The molecule has 1 N–H and O–H groups in total. The highest BCUT2D eigenvalue weighted by Crippen LogP contribution is 2.28. The number of nitrogens with zero attached hydrogens (tertiary/aromatic N) is 2. The van der Waals surface area contributed by atoms with Gasteiger partial charge in [0.2, 0.25) is 0 Å². The summed E-state index contributed by atoms with van der Waals surface area (Å²) in [7, 11) is 0. The van der Waals surface area contributed by atoms with Crippen molar-refractivity contribution in [3.05, 3.63) is 74.8 Å². The second-order valence-electron chi connectivity index (χ2n) is 5.42. The number of anilines is 1. The minimum absolute atomic E-state index is 0.301. The Morgan fingerprint density at radius 3 is 2.54 bits per heavy atom. The van der Waals surface area contributed by atoms with Crippen LogP contribution in [0.4, 0.5) is 10.6 Å². The Bertz CT molecular complexity index is 928. The third kappa shape index (κ3) is 4.20. The molecule has 0 saturated carbocycles. The van der Waals surface area contributed by atoms with Crippen LogP contribution >= 0.6 is 39.1 Å². The van der Waals surface area contributed by atoms with E-state index in [0.717, 1.165) is 15.7 Å². The second-order valence-corrected chi connectivity index (χ2v) is 7.15. The van der Waals surface area contributed by atoms with Gasteiger partial charge in [0.1, 0.15) is 11.1 Å². The van der Waals surface area contributed by atoms with Crippen LogP contribution in [0.1, 0.15) is 18.6 Å². The van der Waals surface area contributed by atoms with Crippen molar-refractivity contribution in [3.8, 4) is 5.69 Å². The SMILES string of the molecule is C[C@@H](OC(=O)Nc1c(Cl)cnn1-c1ccc(Br)cc1)c1ccccc1Cl. The first-order valence-electron chi connectivity index (χ1n) is 7.67. The molecule has 1 amide bonds. The predicted octanol–water partition coefficient (Wildman–Crippen LogP) is 6.25. The summed E-state index contributed by atoms with van der Waals surface area (Å²) in [5, 5.41) is 7.68. The number of nitrogens with one attached hydrogen (secondary N) is 1. The number of ether oxygens (including phenoxy) is 1. The molecule has 1 heterocycles. The highest BCUT2D eigenvalue weighted by atomic mass is 79.9.